The summed E-state index contributed by atoms with van der Waals surface area (Å²) in [6.07, 6.45) is 4.67. The van der Waals surface area contributed by atoms with Crippen LogP contribution in [-0.2, 0) is 4.79 Å². The van der Waals surface area contributed by atoms with Gasteiger partial charge in [-0.25, -0.2) is 0 Å². The fraction of sp³-hybridized carbons (Fsp3) is 0.923. The van der Waals surface area contributed by atoms with E-state index in [1.54, 1.807) is 0 Å². The van der Waals surface area contributed by atoms with E-state index < -0.39 is 0 Å². The molecular formula is C13H26N2O. The van der Waals surface area contributed by atoms with Crippen LogP contribution in [0.1, 0.15) is 53.4 Å². The number of carbonyl (C=O) groups is 1. The molecule has 0 aliphatic carbocycles. The second-order valence-electron chi connectivity index (χ2n) is 5.18. The molecule has 3 nitrogen and oxygen atoms in total. The van der Waals surface area contributed by atoms with Gasteiger partial charge in [-0.05, 0) is 25.2 Å². The van der Waals surface area contributed by atoms with Gasteiger partial charge in [0.25, 0.3) is 0 Å². The van der Waals surface area contributed by atoms with E-state index >= 15 is 0 Å². The number of rotatable bonds is 6. The van der Waals surface area contributed by atoms with Gasteiger partial charge in [-0.15, -0.1) is 0 Å². The third-order valence-corrected chi connectivity index (χ3v) is 3.29. The molecule has 0 aromatic rings. The first kappa shape index (κ1) is 13.5. The Bertz CT molecular complexity index is 228. The summed E-state index contributed by atoms with van der Waals surface area (Å²) >= 11 is 0. The molecule has 1 rings (SSSR count). The van der Waals surface area contributed by atoms with E-state index in [1.165, 1.54) is 0 Å². The summed E-state index contributed by atoms with van der Waals surface area (Å²) in [7, 11) is 0. The third-order valence-electron chi connectivity index (χ3n) is 3.29. The van der Waals surface area contributed by atoms with E-state index in [1.807, 2.05) is 0 Å². The van der Waals surface area contributed by atoms with Gasteiger partial charge in [0.15, 0.2) is 0 Å². The molecule has 3 heteroatoms. The fourth-order valence-corrected chi connectivity index (χ4v) is 2.54. The number of hydrogen-bond acceptors (Lipinski definition) is 2. The normalized spacial score (nSPS) is 23.2. The van der Waals surface area contributed by atoms with Gasteiger partial charge in [0.1, 0.15) is 0 Å². The van der Waals surface area contributed by atoms with Crippen LogP contribution in [0, 0.1) is 5.92 Å². The summed E-state index contributed by atoms with van der Waals surface area (Å²) in [5.41, 5.74) is 0. The highest BCUT2D eigenvalue weighted by Gasteiger charge is 2.34. The molecule has 94 valence electrons. The molecule has 1 heterocycles. The largest absolute Gasteiger partial charge is 0.323 e. The molecule has 1 saturated heterocycles. The van der Waals surface area contributed by atoms with Gasteiger partial charge in [-0.3, -0.25) is 10.1 Å². The summed E-state index contributed by atoms with van der Waals surface area (Å²) in [6.45, 7) is 9.32. The maximum atomic E-state index is 11.9. The van der Waals surface area contributed by atoms with Crippen LogP contribution in [0.3, 0.4) is 0 Å². The third kappa shape index (κ3) is 3.21. The van der Waals surface area contributed by atoms with Crippen LogP contribution in [0.15, 0.2) is 0 Å². The monoisotopic (exact) mass is 226 g/mol. The Balaban J connectivity index is 2.67. The molecule has 0 aromatic heterocycles. The maximum Gasteiger partial charge on any atom is 0.238 e. The van der Waals surface area contributed by atoms with Crippen molar-refractivity contribution < 1.29 is 4.79 Å². The van der Waals surface area contributed by atoms with E-state index in [0.29, 0.717) is 18.5 Å². The average Bonchev–Trinajstić information content (AvgIpc) is 2.56. The summed E-state index contributed by atoms with van der Waals surface area (Å²) in [5.74, 6) is 0.913. The van der Waals surface area contributed by atoms with E-state index in [2.05, 4.69) is 37.9 Å². The van der Waals surface area contributed by atoms with Gasteiger partial charge in [0.05, 0.1) is 12.7 Å². The minimum Gasteiger partial charge on any atom is -0.323 e. The SMILES string of the molecule is CCCC(CC)N1C(=O)CNC1CC(C)C. The zero-order valence-electron chi connectivity index (χ0n) is 11.1. The Labute approximate surface area is 99.6 Å². The summed E-state index contributed by atoms with van der Waals surface area (Å²) in [4.78, 5) is 14.0. The minimum absolute atomic E-state index is 0.268. The van der Waals surface area contributed by atoms with Crippen molar-refractivity contribution in [3.8, 4) is 0 Å². The highest BCUT2D eigenvalue weighted by Crippen LogP contribution is 2.21. The zero-order chi connectivity index (χ0) is 12.1. The molecule has 0 saturated carbocycles. The van der Waals surface area contributed by atoms with Crippen molar-refractivity contribution in [3.63, 3.8) is 0 Å². The van der Waals surface area contributed by atoms with Crippen LogP contribution in [0.2, 0.25) is 0 Å². The number of nitrogens with zero attached hydrogens (tertiary/aromatic N) is 1. The molecular weight excluding hydrogens is 200 g/mol. The second kappa shape index (κ2) is 6.24. The van der Waals surface area contributed by atoms with Gasteiger partial charge in [0, 0.05) is 6.04 Å². The molecule has 1 aliphatic heterocycles. The zero-order valence-corrected chi connectivity index (χ0v) is 11.1. The lowest BCUT2D eigenvalue weighted by atomic mass is 10.0. The van der Waals surface area contributed by atoms with Gasteiger partial charge in [-0.2, -0.15) is 0 Å². The van der Waals surface area contributed by atoms with Crippen molar-refractivity contribution in [1.82, 2.24) is 10.2 Å². The molecule has 0 aromatic carbocycles. The Morgan fingerprint density at radius 3 is 2.62 bits per heavy atom. The van der Waals surface area contributed by atoms with Gasteiger partial charge in [-0.1, -0.05) is 34.1 Å². The number of carbonyl (C=O) groups excluding carboxylic acids is 1. The quantitative estimate of drug-likeness (QED) is 0.754. The predicted molar refractivity (Wildman–Crippen MR) is 67.1 cm³/mol. The summed E-state index contributed by atoms with van der Waals surface area (Å²) in [6, 6.07) is 0.427. The lowest BCUT2D eigenvalue weighted by molar-refractivity contribution is -0.130. The van der Waals surface area contributed by atoms with Crippen LogP contribution in [-0.4, -0.2) is 29.6 Å². The maximum absolute atomic E-state index is 11.9. The molecule has 1 amide bonds. The van der Waals surface area contributed by atoms with Crippen molar-refractivity contribution in [2.24, 2.45) is 5.92 Å². The first-order valence-corrected chi connectivity index (χ1v) is 6.64. The van der Waals surface area contributed by atoms with Crippen molar-refractivity contribution in [1.29, 1.82) is 0 Å². The lowest BCUT2D eigenvalue weighted by Gasteiger charge is -2.33. The van der Waals surface area contributed by atoms with E-state index in [9.17, 15) is 4.79 Å². The fourth-order valence-electron chi connectivity index (χ4n) is 2.54. The standard InChI is InChI=1S/C13H26N2O/c1-5-7-11(6-2)15-12(8-10(3)4)14-9-13(15)16/h10-12,14H,5-9H2,1-4H3. The van der Waals surface area contributed by atoms with Crippen LogP contribution >= 0.6 is 0 Å². The molecule has 0 bridgehead atoms. The van der Waals surface area contributed by atoms with Crippen LogP contribution in [0.25, 0.3) is 0 Å². The Kier molecular flexibility index (Phi) is 5.26. The predicted octanol–water partition coefficient (Wildman–Crippen LogP) is 2.37. The van der Waals surface area contributed by atoms with Gasteiger partial charge in [0.2, 0.25) is 5.91 Å². The lowest BCUT2D eigenvalue weighted by Crippen LogP contribution is -2.45. The highest BCUT2D eigenvalue weighted by molar-refractivity contribution is 5.81. The number of hydrogen-bond donors (Lipinski definition) is 1. The Morgan fingerprint density at radius 1 is 1.44 bits per heavy atom. The van der Waals surface area contributed by atoms with Crippen LogP contribution in [0.5, 0.6) is 0 Å². The van der Waals surface area contributed by atoms with Crippen molar-refractivity contribution in [2.45, 2.75) is 65.6 Å². The van der Waals surface area contributed by atoms with Crippen molar-refractivity contribution >= 4 is 5.91 Å². The van der Waals surface area contributed by atoms with Crippen LogP contribution < -0.4 is 5.32 Å². The summed E-state index contributed by atoms with van der Waals surface area (Å²) < 4.78 is 0. The van der Waals surface area contributed by atoms with E-state index in [-0.39, 0.29) is 12.1 Å². The van der Waals surface area contributed by atoms with Gasteiger partial charge >= 0.3 is 0 Å². The van der Waals surface area contributed by atoms with E-state index in [0.717, 1.165) is 25.7 Å². The van der Waals surface area contributed by atoms with Crippen molar-refractivity contribution in [3.05, 3.63) is 0 Å². The van der Waals surface area contributed by atoms with Crippen molar-refractivity contribution in [2.75, 3.05) is 6.54 Å². The smallest absolute Gasteiger partial charge is 0.238 e. The average molecular weight is 226 g/mol. The summed E-state index contributed by atoms with van der Waals surface area (Å²) in [5, 5.41) is 3.34. The van der Waals surface area contributed by atoms with Crippen LogP contribution in [0.4, 0.5) is 0 Å². The Hall–Kier alpha value is -0.570. The van der Waals surface area contributed by atoms with Gasteiger partial charge < -0.3 is 4.90 Å². The topological polar surface area (TPSA) is 32.3 Å². The molecule has 2 unspecified atom stereocenters. The number of nitrogens with one attached hydrogen (secondary N) is 1. The highest BCUT2D eigenvalue weighted by atomic mass is 16.2. The molecule has 1 aliphatic rings. The first-order valence-electron chi connectivity index (χ1n) is 6.64. The second-order valence-corrected chi connectivity index (χ2v) is 5.18. The number of amides is 1. The molecule has 2 atom stereocenters. The molecule has 1 N–H and O–H groups in total. The minimum atomic E-state index is 0.268. The molecule has 1 fully saturated rings. The van der Waals surface area contributed by atoms with E-state index in [4.69, 9.17) is 0 Å². The molecule has 16 heavy (non-hydrogen) atoms. The molecule has 0 spiro atoms. The first-order chi connectivity index (χ1) is 7.60. The molecule has 0 radical (unpaired) electrons. The Morgan fingerprint density at radius 2 is 2.12 bits per heavy atom.